The molecule has 20 heavy (non-hydrogen) atoms. The molecular formula is C16H24FN3. The smallest absolute Gasteiger partial charge is 0.138 e. The van der Waals surface area contributed by atoms with Crippen LogP contribution in [0, 0.1) is 16.6 Å². The van der Waals surface area contributed by atoms with E-state index in [1.807, 2.05) is 0 Å². The molecule has 0 amide bonds. The summed E-state index contributed by atoms with van der Waals surface area (Å²) in [4.78, 5) is 2.30. The standard InChI is InChI=1S/C16H24FN3/c1-16(2)7-4-9-20(10-8-16)11-12-5-3-6-13(14(12)17)15(18)19/h3,5-6H,4,7-11H2,1-2H3,(H3,18,19). The SMILES string of the molecule is CC1(C)CCCN(Cc2cccc(C(=N)N)c2F)CC1. The summed E-state index contributed by atoms with van der Waals surface area (Å²) in [5.41, 5.74) is 6.63. The highest BCUT2D eigenvalue weighted by molar-refractivity contribution is 5.95. The minimum Gasteiger partial charge on any atom is -0.384 e. The van der Waals surface area contributed by atoms with E-state index in [1.54, 1.807) is 18.2 Å². The molecule has 0 bridgehead atoms. The maximum Gasteiger partial charge on any atom is 0.138 e. The first-order valence-electron chi connectivity index (χ1n) is 7.23. The summed E-state index contributed by atoms with van der Waals surface area (Å²) in [6.07, 6.45) is 3.52. The van der Waals surface area contributed by atoms with E-state index >= 15 is 0 Å². The van der Waals surface area contributed by atoms with E-state index in [-0.39, 0.29) is 17.2 Å². The van der Waals surface area contributed by atoms with Crippen molar-refractivity contribution in [2.24, 2.45) is 11.1 Å². The summed E-state index contributed by atoms with van der Waals surface area (Å²) >= 11 is 0. The van der Waals surface area contributed by atoms with Gasteiger partial charge in [0.05, 0.1) is 5.56 Å². The van der Waals surface area contributed by atoms with Crippen LogP contribution in [0.1, 0.15) is 44.2 Å². The molecule has 2 rings (SSSR count). The largest absolute Gasteiger partial charge is 0.384 e. The lowest BCUT2D eigenvalue weighted by atomic mass is 9.85. The van der Waals surface area contributed by atoms with Gasteiger partial charge in [-0.15, -0.1) is 0 Å². The molecule has 1 fully saturated rings. The van der Waals surface area contributed by atoms with Crippen LogP contribution in [0.3, 0.4) is 0 Å². The first-order valence-corrected chi connectivity index (χ1v) is 7.23. The number of hydrogen-bond donors (Lipinski definition) is 2. The van der Waals surface area contributed by atoms with Gasteiger partial charge in [0.15, 0.2) is 0 Å². The minimum atomic E-state index is -0.344. The van der Waals surface area contributed by atoms with Crippen molar-refractivity contribution in [2.45, 2.75) is 39.7 Å². The number of nitrogen functional groups attached to an aromatic ring is 1. The molecule has 1 heterocycles. The number of rotatable bonds is 3. The second-order valence-electron chi connectivity index (χ2n) is 6.49. The Bertz CT molecular complexity index is 496. The summed E-state index contributed by atoms with van der Waals surface area (Å²) in [7, 11) is 0. The third kappa shape index (κ3) is 3.57. The van der Waals surface area contributed by atoms with Gasteiger partial charge in [-0.1, -0.05) is 26.0 Å². The number of hydrogen-bond acceptors (Lipinski definition) is 2. The average molecular weight is 277 g/mol. The van der Waals surface area contributed by atoms with Gasteiger partial charge < -0.3 is 5.73 Å². The summed E-state index contributed by atoms with van der Waals surface area (Å²) in [6, 6.07) is 5.13. The zero-order valence-electron chi connectivity index (χ0n) is 12.4. The van der Waals surface area contributed by atoms with Crippen molar-refractivity contribution in [3.63, 3.8) is 0 Å². The first kappa shape index (κ1) is 15.0. The van der Waals surface area contributed by atoms with Crippen LogP contribution in [0.5, 0.6) is 0 Å². The molecule has 0 spiro atoms. The number of nitrogens with two attached hydrogens (primary N) is 1. The van der Waals surface area contributed by atoms with Crippen LogP contribution in [0.15, 0.2) is 18.2 Å². The van der Waals surface area contributed by atoms with Gasteiger partial charge in [-0.3, -0.25) is 10.3 Å². The Morgan fingerprint density at radius 3 is 2.80 bits per heavy atom. The maximum atomic E-state index is 14.3. The topological polar surface area (TPSA) is 53.1 Å². The molecule has 110 valence electrons. The molecule has 3 N–H and O–H groups in total. The Balaban J connectivity index is 2.10. The molecule has 3 nitrogen and oxygen atoms in total. The van der Waals surface area contributed by atoms with Crippen LogP contribution in [0.4, 0.5) is 4.39 Å². The Morgan fingerprint density at radius 2 is 2.10 bits per heavy atom. The van der Waals surface area contributed by atoms with E-state index in [9.17, 15) is 4.39 Å². The van der Waals surface area contributed by atoms with Gasteiger partial charge in [0.1, 0.15) is 11.7 Å². The molecule has 1 aromatic carbocycles. The van der Waals surface area contributed by atoms with Crippen molar-refractivity contribution in [3.05, 3.63) is 35.1 Å². The van der Waals surface area contributed by atoms with Gasteiger partial charge in [-0.25, -0.2) is 4.39 Å². The predicted molar refractivity (Wildman–Crippen MR) is 80.3 cm³/mol. The molecule has 0 atom stereocenters. The van der Waals surface area contributed by atoms with Crippen LogP contribution >= 0.6 is 0 Å². The monoisotopic (exact) mass is 277 g/mol. The maximum absolute atomic E-state index is 14.3. The normalized spacial score (nSPS) is 19.6. The van der Waals surface area contributed by atoms with E-state index in [2.05, 4.69) is 18.7 Å². The molecule has 0 saturated carbocycles. The van der Waals surface area contributed by atoms with Gasteiger partial charge >= 0.3 is 0 Å². The van der Waals surface area contributed by atoms with Crippen LogP contribution in [-0.2, 0) is 6.54 Å². The molecule has 0 aromatic heterocycles. The zero-order chi connectivity index (χ0) is 14.8. The Hall–Kier alpha value is -1.42. The summed E-state index contributed by atoms with van der Waals surface area (Å²) in [6.45, 7) is 7.20. The summed E-state index contributed by atoms with van der Waals surface area (Å²) < 4.78 is 14.3. The number of nitrogens with one attached hydrogen (secondary N) is 1. The van der Waals surface area contributed by atoms with E-state index < -0.39 is 0 Å². The Labute approximate surface area is 120 Å². The molecule has 0 unspecified atom stereocenters. The van der Waals surface area contributed by atoms with E-state index in [0.717, 1.165) is 25.9 Å². The predicted octanol–water partition coefficient (Wildman–Crippen LogP) is 3.12. The van der Waals surface area contributed by atoms with Crippen molar-refractivity contribution in [1.82, 2.24) is 4.90 Å². The lowest BCUT2D eigenvalue weighted by molar-refractivity contribution is 0.253. The van der Waals surface area contributed by atoms with E-state index in [4.69, 9.17) is 11.1 Å². The summed E-state index contributed by atoms with van der Waals surface area (Å²) in [5, 5.41) is 7.40. The number of amidine groups is 1. The number of likely N-dealkylation sites (tertiary alicyclic amines) is 1. The highest BCUT2D eigenvalue weighted by Crippen LogP contribution is 2.30. The van der Waals surface area contributed by atoms with Crippen LogP contribution in [0.25, 0.3) is 0 Å². The average Bonchev–Trinajstić information content (AvgIpc) is 2.53. The Kier molecular flexibility index (Phi) is 4.43. The third-order valence-corrected chi connectivity index (χ3v) is 4.20. The number of halogens is 1. The van der Waals surface area contributed by atoms with Gasteiger partial charge in [-0.05, 0) is 43.8 Å². The highest BCUT2D eigenvalue weighted by Gasteiger charge is 2.23. The van der Waals surface area contributed by atoms with Crippen molar-refractivity contribution >= 4 is 5.84 Å². The second kappa shape index (κ2) is 5.92. The molecule has 0 aliphatic carbocycles. The fourth-order valence-corrected chi connectivity index (χ4v) is 2.79. The fourth-order valence-electron chi connectivity index (χ4n) is 2.79. The third-order valence-electron chi connectivity index (χ3n) is 4.20. The van der Waals surface area contributed by atoms with E-state index in [0.29, 0.717) is 17.5 Å². The van der Waals surface area contributed by atoms with Gasteiger partial charge in [-0.2, -0.15) is 0 Å². The Morgan fingerprint density at radius 1 is 1.35 bits per heavy atom. The van der Waals surface area contributed by atoms with Crippen molar-refractivity contribution < 1.29 is 4.39 Å². The zero-order valence-corrected chi connectivity index (χ0v) is 12.4. The van der Waals surface area contributed by atoms with Crippen LogP contribution in [0.2, 0.25) is 0 Å². The van der Waals surface area contributed by atoms with Gasteiger partial charge in [0.2, 0.25) is 0 Å². The fraction of sp³-hybridized carbons (Fsp3) is 0.562. The molecule has 4 heteroatoms. The van der Waals surface area contributed by atoms with Crippen molar-refractivity contribution in [3.8, 4) is 0 Å². The lowest BCUT2D eigenvalue weighted by Crippen LogP contribution is -2.26. The number of nitrogens with zero attached hydrogens (tertiary/aromatic N) is 1. The molecule has 0 radical (unpaired) electrons. The molecular weight excluding hydrogens is 253 g/mol. The van der Waals surface area contributed by atoms with Crippen molar-refractivity contribution in [2.75, 3.05) is 13.1 Å². The first-order chi connectivity index (χ1) is 9.39. The molecule has 1 saturated heterocycles. The van der Waals surface area contributed by atoms with E-state index in [1.165, 1.54) is 6.42 Å². The van der Waals surface area contributed by atoms with Crippen LogP contribution in [-0.4, -0.2) is 23.8 Å². The van der Waals surface area contributed by atoms with Crippen molar-refractivity contribution in [1.29, 1.82) is 5.41 Å². The van der Waals surface area contributed by atoms with Gasteiger partial charge in [0.25, 0.3) is 0 Å². The summed E-state index contributed by atoms with van der Waals surface area (Å²) in [5.74, 6) is -0.551. The van der Waals surface area contributed by atoms with Gasteiger partial charge in [0, 0.05) is 12.1 Å². The minimum absolute atomic E-state index is 0.206. The molecule has 1 aromatic rings. The quantitative estimate of drug-likeness (QED) is 0.659. The molecule has 1 aliphatic heterocycles. The van der Waals surface area contributed by atoms with Crippen LogP contribution < -0.4 is 5.73 Å². The number of benzene rings is 1. The highest BCUT2D eigenvalue weighted by atomic mass is 19.1. The second-order valence-corrected chi connectivity index (χ2v) is 6.49. The lowest BCUT2D eigenvalue weighted by Gasteiger charge is -2.23. The molecule has 1 aliphatic rings.